The summed E-state index contributed by atoms with van der Waals surface area (Å²) >= 11 is 6.50. The molecule has 214 valence electrons. The number of halogens is 7. The third kappa shape index (κ3) is 6.22. The molecule has 1 amide bonds. The Morgan fingerprint density at radius 1 is 0.805 bits per heavy atom. The Hall–Kier alpha value is -3.92. The van der Waals surface area contributed by atoms with Crippen molar-refractivity contribution in [3.8, 4) is 22.4 Å². The molecule has 4 aromatic rings. The van der Waals surface area contributed by atoms with Crippen molar-refractivity contribution >= 4 is 23.2 Å². The molecule has 0 aliphatic rings. The van der Waals surface area contributed by atoms with Gasteiger partial charge in [0.05, 0.1) is 34.1 Å². The summed E-state index contributed by atoms with van der Waals surface area (Å²) in [6.07, 6.45) is -7.06. The topological polar surface area (TPSA) is 46.1 Å². The molecule has 0 saturated carbocycles. The van der Waals surface area contributed by atoms with Crippen LogP contribution in [0.4, 0.5) is 32.0 Å². The molecule has 0 N–H and O–H groups in total. The molecule has 0 aliphatic heterocycles. The highest BCUT2D eigenvalue weighted by atomic mass is 35.5. The van der Waals surface area contributed by atoms with Crippen molar-refractivity contribution in [1.82, 2.24) is 9.97 Å². The van der Waals surface area contributed by atoms with E-state index < -0.39 is 40.4 Å². The standard InChI is InChI=1S/C30H24ClF6N3O/c1-17-11-18(9-10-38-17)25-15-23(22-7-5-6-8-24(22)31)26(16-39-25)40(4)27(41)28(2,3)19-12-20(29(32,33)34)14-21(13-19)30(35,36)37/h5-16H,1-4H3. The number of anilines is 1. The van der Waals surface area contributed by atoms with Crippen molar-refractivity contribution in [3.05, 3.63) is 100 Å². The van der Waals surface area contributed by atoms with Crippen molar-refractivity contribution in [3.63, 3.8) is 0 Å². The highest BCUT2D eigenvalue weighted by molar-refractivity contribution is 6.33. The molecule has 0 fully saturated rings. The van der Waals surface area contributed by atoms with E-state index in [4.69, 9.17) is 11.6 Å². The first kappa shape index (κ1) is 30.0. The van der Waals surface area contributed by atoms with Crippen molar-refractivity contribution in [1.29, 1.82) is 0 Å². The SMILES string of the molecule is Cc1cc(-c2cc(-c3ccccc3Cl)c(N(C)C(=O)C(C)(C)c3cc(C(F)(F)F)cc(C(F)(F)F)c3)cn2)ccn1. The largest absolute Gasteiger partial charge is 0.416 e. The van der Waals surface area contributed by atoms with Gasteiger partial charge in [-0.2, -0.15) is 26.3 Å². The first-order valence-electron chi connectivity index (χ1n) is 12.3. The lowest BCUT2D eigenvalue weighted by atomic mass is 9.81. The molecule has 0 radical (unpaired) electrons. The normalized spacial score (nSPS) is 12.4. The van der Waals surface area contributed by atoms with Crippen molar-refractivity contribution < 1.29 is 31.1 Å². The molecule has 41 heavy (non-hydrogen) atoms. The number of hydrogen-bond donors (Lipinski definition) is 0. The summed E-state index contributed by atoms with van der Waals surface area (Å²) in [5, 5.41) is 0.365. The van der Waals surface area contributed by atoms with Crippen LogP contribution in [0.25, 0.3) is 22.4 Å². The molecule has 2 aromatic heterocycles. The van der Waals surface area contributed by atoms with Gasteiger partial charge in [-0.3, -0.25) is 14.8 Å². The van der Waals surface area contributed by atoms with Crippen LogP contribution in [0.2, 0.25) is 5.02 Å². The first-order chi connectivity index (χ1) is 19.0. The van der Waals surface area contributed by atoms with E-state index in [2.05, 4.69) is 9.97 Å². The number of aryl methyl sites for hydroxylation is 1. The lowest BCUT2D eigenvalue weighted by Gasteiger charge is -2.32. The maximum atomic E-state index is 13.9. The van der Waals surface area contributed by atoms with Gasteiger partial charge < -0.3 is 4.90 Å². The Kier molecular flexibility index (Phi) is 7.92. The second-order valence-electron chi connectivity index (χ2n) is 10.0. The Bertz CT molecular complexity index is 1580. The molecule has 0 spiro atoms. The zero-order chi connectivity index (χ0) is 30.3. The number of pyridine rings is 2. The monoisotopic (exact) mass is 591 g/mol. The van der Waals surface area contributed by atoms with Crippen molar-refractivity contribution in [2.45, 2.75) is 38.5 Å². The lowest BCUT2D eigenvalue weighted by molar-refractivity contribution is -0.143. The fourth-order valence-corrected chi connectivity index (χ4v) is 4.68. The molecule has 0 unspecified atom stereocenters. The third-order valence-corrected chi connectivity index (χ3v) is 7.08. The average Bonchev–Trinajstić information content (AvgIpc) is 2.91. The second-order valence-corrected chi connectivity index (χ2v) is 10.4. The Balaban J connectivity index is 1.85. The van der Waals surface area contributed by atoms with Gasteiger partial charge in [0, 0.05) is 40.7 Å². The summed E-state index contributed by atoms with van der Waals surface area (Å²) in [7, 11) is 1.38. The van der Waals surface area contributed by atoms with Crippen LogP contribution in [-0.4, -0.2) is 22.9 Å². The van der Waals surface area contributed by atoms with Crippen LogP contribution in [0.1, 0.15) is 36.2 Å². The number of hydrogen-bond acceptors (Lipinski definition) is 3. The highest BCUT2D eigenvalue weighted by Gasteiger charge is 2.41. The van der Waals surface area contributed by atoms with Crippen LogP contribution in [0.5, 0.6) is 0 Å². The smallest absolute Gasteiger partial charge is 0.313 e. The van der Waals surface area contributed by atoms with Crippen molar-refractivity contribution in [2.75, 3.05) is 11.9 Å². The zero-order valence-corrected chi connectivity index (χ0v) is 23.1. The molecule has 2 aromatic carbocycles. The van der Waals surface area contributed by atoms with E-state index in [0.29, 0.717) is 34.0 Å². The van der Waals surface area contributed by atoms with Crippen LogP contribution < -0.4 is 4.90 Å². The minimum atomic E-state index is -5.05. The van der Waals surface area contributed by atoms with E-state index in [-0.39, 0.29) is 11.8 Å². The van der Waals surface area contributed by atoms with Gasteiger partial charge in [-0.25, -0.2) is 0 Å². The van der Waals surface area contributed by atoms with Gasteiger partial charge >= 0.3 is 12.4 Å². The number of alkyl halides is 6. The summed E-state index contributed by atoms with van der Waals surface area (Å²) in [6, 6.07) is 13.3. The van der Waals surface area contributed by atoms with Gasteiger partial charge in [-0.1, -0.05) is 29.8 Å². The molecular formula is C30H24ClF6N3O. The van der Waals surface area contributed by atoms with Crippen LogP contribution in [0, 0.1) is 6.92 Å². The molecule has 0 aliphatic carbocycles. The molecule has 0 saturated heterocycles. The number of likely N-dealkylation sites (N-methyl/N-ethyl adjacent to an activating group) is 1. The molecule has 0 bridgehead atoms. The number of benzene rings is 2. The molecule has 4 nitrogen and oxygen atoms in total. The van der Waals surface area contributed by atoms with Gasteiger partial charge in [0.1, 0.15) is 0 Å². The number of rotatable bonds is 5. The van der Waals surface area contributed by atoms with E-state index >= 15 is 0 Å². The predicted molar refractivity (Wildman–Crippen MR) is 146 cm³/mol. The second kappa shape index (κ2) is 10.8. The van der Waals surface area contributed by atoms with Crippen LogP contribution in [-0.2, 0) is 22.6 Å². The Labute approximate surface area is 237 Å². The molecule has 11 heteroatoms. The number of aromatic nitrogens is 2. The summed E-state index contributed by atoms with van der Waals surface area (Å²) in [5.74, 6) is -0.757. The summed E-state index contributed by atoms with van der Waals surface area (Å²) in [5.41, 5.74) is -1.90. The molecule has 0 atom stereocenters. The van der Waals surface area contributed by atoms with E-state index in [1.165, 1.54) is 32.0 Å². The maximum absolute atomic E-state index is 13.9. The lowest BCUT2D eigenvalue weighted by Crippen LogP contribution is -2.42. The quantitative estimate of drug-likeness (QED) is 0.218. The van der Waals surface area contributed by atoms with Crippen LogP contribution in [0.3, 0.4) is 0 Å². The number of nitrogens with zero attached hydrogens (tertiary/aromatic N) is 3. The van der Waals surface area contributed by atoms with E-state index in [1.54, 1.807) is 42.6 Å². The van der Waals surface area contributed by atoms with Crippen LogP contribution in [0.15, 0.2) is 73.1 Å². The van der Waals surface area contributed by atoms with Crippen molar-refractivity contribution in [2.24, 2.45) is 0 Å². The number of carbonyl (C=O) groups is 1. The van der Waals surface area contributed by atoms with Crippen LogP contribution >= 0.6 is 11.6 Å². The van der Waals surface area contributed by atoms with Gasteiger partial charge in [-0.05, 0) is 68.8 Å². The van der Waals surface area contributed by atoms with E-state index in [9.17, 15) is 31.1 Å². The maximum Gasteiger partial charge on any atom is 0.416 e. The molecule has 2 heterocycles. The summed E-state index contributed by atoms with van der Waals surface area (Å²) in [4.78, 5) is 23.7. The highest BCUT2D eigenvalue weighted by Crippen LogP contribution is 2.41. The van der Waals surface area contributed by atoms with Gasteiger partial charge in [0.25, 0.3) is 0 Å². The molecule has 4 rings (SSSR count). The summed E-state index contributed by atoms with van der Waals surface area (Å²) in [6.45, 7) is 4.37. The Morgan fingerprint density at radius 3 is 1.95 bits per heavy atom. The van der Waals surface area contributed by atoms with Gasteiger partial charge in [0.15, 0.2) is 0 Å². The fraction of sp³-hybridized carbons (Fsp3) is 0.233. The average molecular weight is 592 g/mol. The minimum Gasteiger partial charge on any atom is -0.313 e. The Morgan fingerprint density at radius 2 is 1.39 bits per heavy atom. The van der Waals surface area contributed by atoms with Gasteiger partial charge in [0.2, 0.25) is 5.91 Å². The predicted octanol–water partition coefficient (Wildman–Crippen LogP) is 8.75. The minimum absolute atomic E-state index is 0.0345. The third-order valence-electron chi connectivity index (χ3n) is 6.75. The molecular weight excluding hydrogens is 568 g/mol. The zero-order valence-electron chi connectivity index (χ0n) is 22.3. The number of carbonyl (C=O) groups excluding carboxylic acids is 1. The van der Waals surface area contributed by atoms with E-state index in [0.717, 1.165) is 11.3 Å². The van der Waals surface area contributed by atoms with E-state index in [1.807, 2.05) is 13.0 Å². The number of amides is 1. The first-order valence-corrected chi connectivity index (χ1v) is 12.6. The van der Waals surface area contributed by atoms with Gasteiger partial charge in [-0.15, -0.1) is 0 Å². The fourth-order valence-electron chi connectivity index (χ4n) is 4.44. The summed E-state index contributed by atoms with van der Waals surface area (Å²) < 4.78 is 81.3.